The SMILES string of the molecule is Cc1cc(CN(C)CC(C)(C)C)oc1C(=O)O. The van der Waals surface area contributed by atoms with E-state index >= 15 is 0 Å². The van der Waals surface area contributed by atoms with Gasteiger partial charge in [0, 0.05) is 12.1 Å². The highest BCUT2D eigenvalue weighted by atomic mass is 16.4. The molecule has 0 amide bonds. The molecule has 4 heteroatoms. The van der Waals surface area contributed by atoms with Gasteiger partial charge in [0.25, 0.3) is 0 Å². The first-order chi connectivity index (χ1) is 7.69. The molecular formula is C13H21NO3. The van der Waals surface area contributed by atoms with Crippen molar-refractivity contribution in [2.24, 2.45) is 5.41 Å². The second-order valence-electron chi connectivity index (χ2n) is 5.76. The summed E-state index contributed by atoms with van der Waals surface area (Å²) in [5.74, 6) is -0.261. The van der Waals surface area contributed by atoms with E-state index in [9.17, 15) is 4.79 Å². The van der Waals surface area contributed by atoms with Crippen LogP contribution in [0.15, 0.2) is 10.5 Å². The number of aromatic carboxylic acids is 1. The van der Waals surface area contributed by atoms with Crippen molar-refractivity contribution in [2.45, 2.75) is 34.2 Å². The molecule has 1 rings (SSSR count). The molecule has 0 fully saturated rings. The van der Waals surface area contributed by atoms with Crippen LogP contribution in [0.1, 0.15) is 42.6 Å². The van der Waals surface area contributed by atoms with Crippen LogP contribution in [0.2, 0.25) is 0 Å². The molecule has 0 saturated carbocycles. The van der Waals surface area contributed by atoms with Crippen molar-refractivity contribution in [3.63, 3.8) is 0 Å². The third-order valence-corrected chi connectivity index (χ3v) is 2.33. The van der Waals surface area contributed by atoms with Crippen molar-refractivity contribution < 1.29 is 14.3 Å². The fourth-order valence-corrected chi connectivity index (χ4v) is 1.97. The Morgan fingerprint density at radius 2 is 2.06 bits per heavy atom. The topological polar surface area (TPSA) is 53.7 Å². The molecule has 0 saturated heterocycles. The first-order valence-electron chi connectivity index (χ1n) is 5.70. The fourth-order valence-electron chi connectivity index (χ4n) is 1.97. The summed E-state index contributed by atoms with van der Waals surface area (Å²) >= 11 is 0. The Bertz CT molecular complexity index is 401. The average molecular weight is 239 g/mol. The molecule has 0 aliphatic rings. The van der Waals surface area contributed by atoms with E-state index in [0.29, 0.717) is 17.9 Å². The minimum Gasteiger partial charge on any atom is -0.475 e. The zero-order valence-electron chi connectivity index (χ0n) is 11.2. The van der Waals surface area contributed by atoms with E-state index < -0.39 is 5.97 Å². The minimum atomic E-state index is -1.01. The zero-order valence-corrected chi connectivity index (χ0v) is 11.2. The number of furan rings is 1. The Kier molecular flexibility index (Phi) is 3.98. The Hall–Kier alpha value is -1.29. The Morgan fingerprint density at radius 3 is 2.47 bits per heavy atom. The van der Waals surface area contributed by atoms with Crippen molar-refractivity contribution in [2.75, 3.05) is 13.6 Å². The normalized spacial score (nSPS) is 12.1. The predicted octanol–water partition coefficient (Wildman–Crippen LogP) is 2.76. The minimum absolute atomic E-state index is 0.0455. The average Bonchev–Trinajstić information content (AvgIpc) is 2.42. The maximum Gasteiger partial charge on any atom is 0.372 e. The maximum absolute atomic E-state index is 10.8. The summed E-state index contributed by atoms with van der Waals surface area (Å²) in [4.78, 5) is 13.0. The summed E-state index contributed by atoms with van der Waals surface area (Å²) in [6.45, 7) is 9.81. The van der Waals surface area contributed by atoms with Gasteiger partial charge in [0.05, 0.1) is 6.54 Å². The Morgan fingerprint density at radius 1 is 1.47 bits per heavy atom. The van der Waals surface area contributed by atoms with Gasteiger partial charge in [-0.05, 0) is 25.5 Å². The van der Waals surface area contributed by atoms with E-state index in [0.717, 1.165) is 6.54 Å². The number of carboxylic acid groups (broad SMARTS) is 1. The van der Waals surface area contributed by atoms with Crippen LogP contribution in [0.3, 0.4) is 0 Å². The molecule has 1 N–H and O–H groups in total. The van der Waals surface area contributed by atoms with Crippen molar-refractivity contribution in [3.8, 4) is 0 Å². The van der Waals surface area contributed by atoms with Crippen LogP contribution < -0.4 is 0 Å². The molecule has 0 aliphatic carbocycles. The third kappa shape index (κ3) is 4.23. The Labute approximate surface area is 102 Å². The van der Waals surface area contributed by atoms with E-state index in [1.807, 2.05) is 7.05 Å². The molecule has 96 valence electrons. The summed E-state index contributed by atoms with van der Waals surface area (Å²) < 4.78 is 5.32. The van der Waals surface area contributed by atoms with Crippen LogP contribution in [0, 0.1) is 12.3 Å². The molecule has 0 radical (unpaired) electrons. The largest absolute Gasteiger partial charge is 0.475 e. The van der Waals surface area contributed by atoms with E-state index in [1.54, 1.807) is 13.0 Å². The number of hydrogen-bond donors (Lipinski definition) is 1. The standard InChI is InChI=1S/C13H21NO3/c1-9-6-10(17-11(9)12(15)16)7-14(5)8-13(2,3)4/h6H,7-8H2,1-5H3,(H,15,16). The molecule has 17 heavy (non-hydrogen) atoms. The highest BCUT2D eigenvalue weighted by Gasteiger charge is 2.17. The van der Waals surface area contributed by atoms with Crippen molar-refractivity contribution in [3.05, 3.63) is 23.2 Å². The van der Waals surface area contributed by atoms with Crippen molar-refractivity contribution in [1.29, 1.82) is 0 Å². The van der Waals surface area contributed by atoms with Crippen molar-refractivity contribution >= 4 is 5.97 Å². The number of rotatable bonds is 4. The molecule has 0 aliphatic heterocycles. The van der Waals surface area contributed by atoms with Crippen LogP contribution in [0.25, 0.3) is 0 Å². The summed E-state index contributed by atoms with van der Waals surface area (Å²) in [5.41, 5.74) is 0.892. The number of hydrogen-bond acceptors (Lipinski definition) is 3. The number of carboxylic acids is 1. The first-order valence-corrected chi connectivity index (χ1v) is 5.70. The lowest BCUT2D eigenvalue weighted by Crippen LogP contribution is -2.28. The molecule has 0 bridgehead atoms. The smallest absolute Gasteiger partial charge is 0.372 e. The van der Waals surface area contributed by atoms with Crippen LogP contribution >= 0.6 is 0 Å². The molecule has 1 aromatic heterocycles. The molecule has 1 aromatic rings. The predicted molar refractivity (Wildman–Crippen MR) is 66.2 cm³/mol. The van der Waals surface area contributed by atoms with Crippen LogP contribution in [-0.4, -0.2) is 29.6 Å². The van der Waals surface area contributed by atoms with Crippen LogP contribution in [-0.2, 0) is 6.54 Å². The molecule has 1 heterocycles. The lowest BCUT2D eigenvalue weighted by atomic mass is 9.96. The molecule has 0 aromatic carbocycles. The summed E-state index contributed by atoms with van der Waals surface area (Å²) in [5, 5.41) is 8.89. The first kappa shape index (κ1) is 13.8. The monoisotopic (exact) mass is 239 g/mol. The molecule has 0 atom stereocenters. The zero-order chi connectivity index (χ0) is 13.2. The van der Waals surface area contributed by atoms with E-state index in [4.69, 9.17) is 9.52 Å². The van der Waals surface area contributed by atoms with Gasteiger partial charge in [0.2, 0.25) is 5.76 Å². The van der Waals surface area contributed by atoms with Gasteiger partial charge in [-0.2, -0.15) is 0 Å². The lowest BCUT2D eigenvalue weighted by molar-refractivity contribution is 0.0657. The number of nitrogens with zero attached hydrogens (tertiary/aromatic N) is 1. The number of aryl methyl sites for hydroxylation is 1. The van der Waals surface area contributed by atoms with Gasteiger partial charge in [-0.1, -0.05) is 20.8 Å². The summed E-state index contributed by atoms with van der Waals surface area (Å²) in [6.07, 6.45) is 0. The van der Waals surface area contributed by atoms with Gasteiger partial charge in [-0.15, -0.1) is 0 Å². The second kappa shape index (κ2) is 4.92. The number of carbonyl (C=O) groups is 1. The van der Waals surface area contributed by atoms with E-state index in [-0.39, 0.29) is 11.2 Å². The highest BCUT2D eigenvalue weighted by Crippen LogP contribution is 2.19. The van der Waals surface area contributed by atoms with Crippen LogP contribution in [0.4, 0.5) is 0 Å². The molecule has 4 nitrogen and oxygen atoms in total. The van der Waals surface area contributed by atoms with Crippen LogP contribution in [0.5, 0.6) is 0 Å². The van der Waals surface area contributed by atoms with Gasteiger partial charge < -0.3 is 9.52 Å². The quantitative estimate of drug-likeness (QED) is 0.877. The van der Waals surface area contributed by atoms with Gasteiger partial charge in [0.1, 0.15) is 5.76 Å². The third-order valence-electron chi connectivity index (χ3n) is 2.33. The van der Waals surface area contributed by atoms with Gasteiger partial charge in [-0.25, -0.2) is 4.79 Å². The maximum atomic E-state index is 10.8. The van der Waals surface area contributed by atoms with Gasteiger partial charge >= 0.3 is 5.97 Å². The van der Waals surface area contributed by atoms with E-state index in [1.165, 1.54) is 0 Å². The Balaban J connectivity index is 2.69. The fraction of sp³-hybridized carbons (Fsp3) is 0.615. The van der Waals surface area contributed by atoms with Gasteiger partial charge in [-0.3, -0.25) is 4.90 Å². The summed E-state index contributed by atoms with van der Waals surface area (Å²) in [7, 11) is 2.00. The van der Waals surface area contributed by atoms with Crippen molar-refractivity contribution in [1.82, 2.24) is 4.90 Å². The molecule has 0 spiro atoms. The molecule has 0 unspecified atom stereocenters. The van der Waals surface area contributed by atoms with Gasteiger partial charge in [0.15, 0.2) is 0 Å². The lowest BCUT2D eigenvalue weighted by Gasteiger charge is -2.25. The molecular weight excluding hydrogens is 218 g/mol. The summed E-state index contributed by atoms with van der Waals surface area (Å²) in [6, 6.07) is 1.79. The van der Waals surface area contributed by atoms with E-state index in [2.05, 4.69) is 25.7 Å². The second-order valence-corrected chi connectivity index (χ2v) is 5.76. The highest BCUT2D eigenvalue weighted by molar-refractivity contribution is 5.86.